The van der Waals surface area contributed by atoms with Gasteiger partial charge in [0.15, 0.2) is 0 Å². The highest BCUT2D eigenvalue weighted by atomic mass is 79.9. The fourth-order valence-corrected chi connectivity index (χ4v) is 4.30. The lowest BCUT2D eigenvalue weighted by Gasteiger charge is -2.14. The van der Waals surface area contributed by atoms with Crippen LogP contribution >= 0.6 is 15.9 Å². The molecule has 1 heterocycles. The number of amides is 3. The van der Waals surface area contributed by atoms with Crippen molar-refractivity contribution in [3.63, 3.8) is 0 Å². The van der Waals surface area contributed by atoms with E-state index in [1.54, 1.807) is 42.5 Å². The lowest BCUT2D eigenvalue weighted by atomic mass is 10.1. The standard InChI is InChI=1S/C29H29BrN4O4/c1-4-5-14-38-23-10-8-22(9-11-23)31-28(36)29(37)33-34-25-13-7-21(30)16-20(25)17-26(34)27(35)32-24-12-6-18(2)15-19(24)3/h6-13,15-17H,4-5,14H2,1-3H3,(H,31,36)(H,32,35)(H,33,37). The number of nitrogens with one attached hydrogen (secondary N) is 3. The number of nitrogens with zero attached hydrogens (tertiary/aromatic N) is 1. The van der Waals surface area contributed by atoms with E-state index in [1.807, 2.05) is 38.1 Å². The van der Waals surface area contributed by atoms with Crippen LogP contribution in [0.2, 0.25) is 0 Å². The van der Waals surface area contributed by atoms with E-state index < -0.39 is 17.7 Å². The number of carbonyl (C=O) groups is 3. The van der Waals surface area contributed by atoms with Crippen molar-refractivity contribution >= 4 is 55.9 Å². The van der Waals surface area contributed by atoms with Gasteiger partial charge in [-0.15, -0.1) is 0 Å². The third-order valence-corrected chi connectivity index (χ3v) is 6.42. The van der Waals surface area contributed by atoms with Crippen molar-refractivity contribution in [3.05, 3.63) is 88.0 Å². The first kappa shape index (κ1) is 26.9. The SMILES string of the molecule is CCCCOc1ccc(NC(=O)C(=O)Nn2c(C(=O)Nc3ccc(C)cc3C)cc3cc(Br)ccc32)cc1. The number of aryl methyl sites for hydroxylation is 2. The Kier molecular flexibility index (Phi) is 8.48. The number of aromatic nitrogens is 1. The third-order valence-electron chi connectivity index (χ3n) is 5.92. The molecule has 3 amide bonds. The number of halogens is 1. The minimum absolute atomic E-state index is 0.174. The molecule has 9 heteroatoms. The average molecular weight is 577 g/mol. The molecule has 3 N–H and O–H groups in total. The molecule has 3 aromatic carbocycles. The molecule has 0 aliphatic rings. The largest absolute Gasteiger partial charge is 0.494 e. The van der Waals surface area contributed by atoms with Crippen LogP contribution in [-0.4, -0.2) is 29.0 Å². The van der Waals surface area contributed by atoms with Crippen LogP contribution in [-0.2, 0) is 9.59 Å². The highest BCUT2D eigenvalue weighted by Crippen LogP contribution is 2.25. The Hall–Kier alpha value is -4.11. The Balaban J connectivity index is 1.53. The van der Waals surface area contributed by atoms with E-state index in [2.05, 4.69) is 38.9 Å². The molecule has 0 fully saturated rings. The maximum absolute atomic E-state index is 13.3. The number of rotatable bonds is 8. The first-order valence-electron chi connectivity index (χ1n) is 12.3. The maximum atomic E-state index is 13.3. The summed E-state index contributed by atoms with van der Waals surface area (Å²) in [6.45, 7) is 6.59. The third kappa shape index (κ3) is 6.41. The molecular weight excluding hydrogens is 548 g/mol. The van der Waals surface area contributed by atoms with Gasteiger partial charge in [-0.25, -0.2) is 4.68 Å². The summed E-state index contributed by atoms with van der Waals surface area (Å²) in [6, 6.07) is 19.5. The molecule has 0 saturated carbocycles. The van der Waals surface area contributed by atoms with Crippen molar-refractivity contribution in [2.24, 2.45) is 0 Å². The van der Waals surface area contributed by atoms with E-state index in [0.717, 1.165) is 28.4 Å². The van der Waals surface area contributed by atoms with Gasteiger partial charge in [-0.1, -0.05) is 47.0 Å². The molecule has 1 aromatic heterocycles. The molecule has 0 atom stereocenters. The normalized spacial score (nSPS) is 10.7. The van der Waals surface area contributed by atoms with Crippen LogP contribution in [0.15, 0.2) is 71.2 Å². The van der Waals surface area contributed by atoms with Crippen LogP contribution in [0.5, 0.6) is 5.75 Å². The van der Waals surface area contributed by atoms with E-state index in [0.29, 0.717) is 34.6 Å². The van der Waals surface area contributed by atoms with Crippen molar-refractivity contribution in [2.75, 3.05) is 22.7 Å². The topological polar surface area (TPSA) is 101 Å². The lowest BCUT2D eigenvalue weighted by Crippen LogP contribution is -2.36. The Morgan fingerprint density at radius 3 is 2.37 bits per heavy atom. The number of hydrogen-bond acceptors (Lipinski definition) is 4. The Labute approximate surface area is 229 Å². The van der Waals surface area contributed by atoms with Gasteiger partial charge in [0.25, 0.3) is 5.91 Å². The van der Waals surface area contributed by atoms with Crippen LogP contribution in [0.4, 0.5) is 11.4 Å². The Bertz CT molecular complexity index is 1490. The zero-order valence-electron chi connectivity index (χ0n) is 21.4. The van der Waals surface area contributed by atoms with Gasteiger partial charge >= 0.3 is 11.8 Å². The van der Waals surface area contributed by atoms with E-state index in [-0.39, 0.29) is 5.69 Å². The van der Waals surface area contributed by atoms with Crippen LogP contribution in [0.25, 0.3) is 10.9 Å². The van der Waals surface area contributed by atoms with Gasteiger partial charge in [-0.2, -0.15) is 0 Å². The summed E-state index contributed by atoms with van der Waals surface area (Å²) < 4.78 is 7.77. The van der Waals surface area contributed by atoms with Crippen molar-refractivity contribution in [3.8, 4) is 5.75 Å². The van der Waals surface area contributed by atoms with Gasteiger partial charge in [-0.05, 0) is 80.4 Å². The molecule has 196 valence electrons. The van der Waals surface area contributed by atoms with Gasteiger partial charge in [0.05, 0.1) is 12.1 Å². The van der Waals surface area contributed by atoms with Crippen LogP contribution in [0, 0.1) is 13.8 Å². The number of unbranched alkanes of at least 4 members (excludes halogenated alkanes) is 1. The monoisotopic (exact) mass is 576 g/mol. The molecule has 8 nitrogen and oxygen atoms in total. The second-order valence-corrected chi connectivity index (χ2v) is 9.88. The van der Waals surface area contributed by atoms with Crippen molar-refractivity contribution in [1.29, 1.82) is 0 Å². The maximum Gasteiger partial charge on any atom is 0.328 e. The first-order chi connectivity index (χ1) is 18.2. The van der Waals surface area contributed by atoms with Crippen LogP contribution < -0.4 is 20.8 Å². The van der Waals surface area contributed by atoms with Gasteiger partial charge in [0.2, 0.25) is 0 Å². The molecule has 0 bridgehead atoms. The summed E-state index contributed by atoms with van der Waals surface area (Å²) in [5.74, 6) is -1.53. The lowest BCUT2D eigenvalue weighted by molar-refractivity contribution is -0.133. The van der Waals surface area contributed by atoms with E-state index >= 15 is 0 Å². The quantitative estimate of drug-likeness (QED) is 0.173. The highest BCUT2D eigenvalue weighted by Gasteiger charge is 2.21. The Morgan fingerprint density at radius 2 is 1.66 bits per heavy atom. The fourth-order valence-electron chi connectivity index (χ4n) is 3.92. The van der Waals surface area contributed by atoms with Crippen molar-refractivity contribution in [2.45, 2.75) is 33.6 Å². The number of anilines is 2. The van der Waals surface area contributed by atoms with Crippen LogP contribution in [0.3, 0.4) is 0 Å². The summed E-state index contributed by atoms with van der Waals surface area (Å²) >= 11 is 3.44. The number of ether oxygens (including phenoxy) is 1. The van der Waals surface area contributed by atoms with E-state index in [4.69, 9.17) is 4.74 Å². The summed E-state index contributed by atoms with van der Waals surface area (Å²) in [6.07, 6.45) is 1.99. The summed E-state index contributed by atoms with van der Waals surface area (Å²) in [5.41, 5.74) is 6.41. The second-order valence-electron chi connectivity index (χ2n) is 8.96. The number of benzene rings is 3. The molecular formula is C29H29BrN4O4. The molecule has 4 aromatic rings. The fraction of sp³-hybridized carbons (Fsp3) is 0.207. The number of fused-ring (bicyclic) bond motifs is 1. The highest BCUT2D eigenvalue weighted by molar-refractivity contribution is 9.10. The molecule has 0 aliphatic carbocycles. The second kappa shape index (κ2) is 12.0. The molecule has 4 rings (SSSR count). The van der Waals surface area contributed by atoms with Gasteiger partial charge < -0.3 is 15.4 Å². The molecule has 0 spiro atoms. The molecule has 0 saturated heterocycles. The van der Waals surface area contributed by atoms with Crippen LogP contribution in [0.1, 0.15) is 41.4 Å². The number of carbonyl (C=O) groups excluding carboxylic acids is 3. The summed E-state index contributed by atoms with van der Waals surface area (Å²) in [7, 11) is 0. The summed E-state index contributed by atoms with van der Waals surface area (Å²) in [4.78, 5) is 38.9. The average Bonchev–Trinajstić information content (AvgIpc) is 3.24. The molecule has 0 aliphatic heterocycles. The van der Waals surface area contributed by atoms with E-state index in [1.165, 1.54) is 4.68 Å². The Morgan fingerprint density at radius 1 is 0.895 bits per heavy atom. The number of hydrogen-bond donors (Lipinski definition) is 3. The predicted molar refractivity (Wildman–Crippen MR) is 153 cm³/mol. The molecule has 0 unspecified atom stereocenters. The minimum atomic E-state index is -0.922. The zero-order chi connectivity index (χ0) is 27.2. The molecule has 0 radical (unpaired) electrons. The summed E-state index contributed by atoms with van der Waals surface area (Å²) in [5, 5.41) is 6.19. The van der Waals surface area contributed by atoms with Gasteiger partial charge in [0.1, 0.15) is 11.4 Å². The van der Waals surface area contributed by atoms with Crippen molar-refractivity contribution < 1.29 is 19.1 Å². The molecule has 38 heavy (non-hydrogen) atoms. The van der Waals surface area contributed by atoms with Gasteiger partial charge in [0, 0.05) is 21.2 Å². The smallest absolute Gasteiger partial charge is 0.328 e. The van der Waals surface area contributed by atoms with Crippen molar-refractivity contribution in [1.82, 2.24) is 4.68 Å². The first-order valence-corrected chi connectivity index (χ1v) is 13.1. The predicted octanol–water partition coefficient (Wildman–Crippen LogP) is 6.16. The van der Waals surface area contributed by atoms with E-state index in [9.17, 15) is 14.4 Å². The van der Waals surface area contributed by atoms with Gasteiger partial charge in [-0.3, -0.25) is 19.8 Å². The minimum Gasteiger partial charge on any atom is -0.494 e. The zero-order valence-corrected chi connectivity index (χ0v) is 23.0.